The lowest BCUT2D eigenvalue weighted by Crippen LogP contribution is -2.30. The van der Waals surface area contributed by atoms with E-state index in [0.717, 1.165) is 63.9 Å². The minimum Gasteiger partial charge on any atom is -0.465 e. The summed E-state index contributed by atoms with van der Waals surface area (Å²) in [6.45, 7) is 10.1. The van der Waals surface area contributed by atoms with E-state index in [1.54, 1.807) is 0 Å². The first-order valence-corrected chi connectivity index (χ1v) is 22.6. The van der Waals surface area contributed by atoms with E-state index in [2.05, 4.69) is 44.7 Å². The topological polar surface area (TPSA) is 49.9 Å². The second-order valence-corrected chi connectivity index (χ2v) is 16.3. The molecule has 0 radical (unpaired) electrons. The average molecular weight is 711 g/mol. The van der Waals surface area contributed by atoms with E-state index in [1.165, 1.54) is 159 Å². The standard InChI is InChI=1S/C43H86N2O3S/c1-6-9-12-15-16-17-18-19-20-21-26-31-36-45(43(47)49-39-38-44(4)5)37-32-27-22-25-30-35-42(46)48-40-41(33-28-23-13-10-7-2)34-29-24-14-11-8-3/h41H,6-40H2,1-5H3. The van der Waals surface area contributed by atoms with Crippen molar-refractivity contribution in [3.05, 3.63) is 0 Å². The summed E-state index contributed by atoms with van der Waals surface area (Å²) in [4.78, 5) is 29.8. The minimum absolute atomic E-state index is 0.00380. The molecule has 5 nitrogen and oxygen atoms in total. The number of carbonyl (C=O) groups excluding carboxylic acids is 2. The van der Waals surface area contributed by atoms with Gasteiger partial charge in [0.15, 0.2) is 0 Å². The number of nitrogens with zero attached hydrogens (tertiary/aromatic N) is 2. The van der Waals surface area contributed by atoms with E-state index in [4.69, 9.17) is 4.74 Å². The largest absolute Gasteiger partial charge is 0.465 e. The first-order valence-electron chi connectivity index (χ1n) is 21.7. The Morgan fingerprint density at radius 1 is 0.510 bits per heavy atom. The molecule has 6 heteroatoms. The molecule has 0 fully saturated rings. The molecule has 0 aliphatic heterocycles. The van der Waals surface area contributed by atoms with Gasteiger partial charge < -0.3 is 14.5 Å². The molecule has 49 heavy (non-hydrogen) atoms. The molecule has 0 aromatic rings. The lowest BCUT2D eigenvalue weighted by atomic mass is 9.95. The van der Waals surface area contributed by atoms with E-state index in [9.17, 15) is 9.59 Å². The van der Waals surface area contributed by atoms with Crippen molar-refractivity contribution in [3.8, 4) is 0 Å². The monoisotopic (exact) mass is 711 g/mol. The number of carbonyl (C=O) groups is 2. The fourth-order valence-electron chi connectivity index (χ4n) is 6.61. The van der Waals surface area contributed by atoms with Crippen molar-refractivity contribution in [1.82, 2.24) is 9.80 Å². The van der Waals surface area contributed by atoms with Crippen LogP contribution in [-0.4, -0.2) is 67.1 Å². The molecule has 1 amide bonds. The van der Waals surface area contributed by atoms with Crippen molar-refractivity contribution in [2.24, 2.45) is 5.92 Å². The van der Waals surface area contributed by atoms with Crippen LogP contribution in [0.4, 0.5) is 4.79 Å². The Morgan fingerprint density at radius 3 is 1.33 bits per heavy atom. The lowest BCUT2D eigenvalue weighted by molar-refractivity contribution is -0.145. The van der Waals surface area contributed by atoms with Crippen molar-refractivity contribution >= 4 is 23.0 Å². The highest BCUT2D eigenvalue weighted by atomic mass is 32.2. The minimum atomic E-state index is -0.00380. The van der Waals surface area contributed by atoms with Crippen LogP contribution >= 0.6 is 11.8 Å². The maximum Gasteiger partial charge on any atom is 0.305 e. The molecule has 0 aliphatic carbocycles. The number of esters is 1. The first-order chi connectivity index (χ1) is 23.9. The highest BCUT2D eigenvalue weighted by Crippen LogP contribution is 2.20. The van der Waals surface area contributed by atoms with E-state index in [1.807, 2.05) is 0 Å². The van der Waals surface area contributed by atoms with Crippen LogP contribution in [0, 0.1) is 5.92 Å². The SMILES string of the molecule is CCCCCCCCCCCCCCN(CCCCCCCC(=O)OCC(CCCCCCC)CCCCCCC)C(=O)SCCN(C)C. The van der Waals surface area contributed by atoms with Crippen LogP contribution < -0.4 is 0 Å². The van der Waals surface area contributed by atoms with Gasteiger partial charge in [-0.15, -0.1) is 0 Å². The van der Waals surface area contributed by atoms with Crippen LogP contribution in [0.1, 0.15) is 213 Å². The molecule has 0 aliphatic rings. The Balaban J connectivity index is 4.25. The summed E-state index contributed by atoms with van der Waals surface area (Å²) in [6.07, 6.45) is 37.4. The van der Waals surface area contributed by atoms with Gasteiger partial charge in [-0.3, -0.25) is 9.59 Å². The van der Waals surface area contributed by atoms with E-state index in [-0.39, 0.29) is 11.2 Å². The normalized spacial score (nSPS) is 11.6. The molecule has 0 N–H and O–H groups in total. The van der Waals surface area contributed by atoms with Gasteiger partial charge in [-0.1, -0.05) is 187 Å². The number of rotatable bonds is 38. The molecule has 0 heterocycles. The Labute approximate surface area is 311 Å². The van der Waals surface area contributed by atoms with Gasteiger partial charge in [-0.2, -0.15) is 0 Å². The van der Waals surface area contributed by atoms with Gasteiger partial charge in [-0.05, 0) is 52.1 Å². The van der Waals surface area contributed by atoms with Gasteiger partial charge in [0, 0.05) is 31.8 Å². The molecule has 0 unspecified atom stereocenters. The van der Waals surface area contributed by atoms with Gasteiger partial charge in [0.25, 0.3) is 5.24 Å². The summed E-state index contributed by atoms with van der Waals surface area (Å²) in [6, 6.07) is 0. The molecule has 0 saturated carbocycles. The quantitative estimate of drug-likeness (QED) is 0.0471. The van der Waals surface area contributed by atoms with Gasteiger partial charge in [0.05, 0.1) is 6.61 Å². The summed E-state index contributed by atoms with van der Waals surface area (Å²) in [5.74, 6) is 1.39. The third kappa shape index (κ3) is 35.4. The Bertz CT molecular complexity index is 691. The van der Waals surface area contributed by atoms with Crippen LogP contribution in [-0.2, 0) is 9.53 Å². The van der Waals surface area contributed by atoms with E-state index in [0.29, 0.717) is 18.9 Å². The van der Waals surface area contributed by atoms with Crippen molar-refractivity contribution < 1.29 is 14.3 Å². The maximum atomic E-state index is 13.0. The molecule has 0 spiro atoms. The van der Waals surface area contributed by atoms with Gasteiger partial charge in [0.1, 0.15) is 0 Å². The number of unbranched alkanes of at least 4 members (excludes halogenated alkanes) is 23. The second kappa shape index (κ2) is 38.5. The highest BCUT2D eigenvalue weighted by Gasteiger charge is 2.15. The fraction of sp³-hybridized carbons (Fsp3) is 0.953. The molecule has 0 bridgehead atoms. The molecule has 0 rings (SSSR count). The number of thioether (sulfide) groups is 1. The van der Waals surface area contributed by atoms with Crippen molar-refractivity contribution in [2.45, 2.75) is 213 Å². The lowest BCUT2D eigenvalue weighted by Gasteiger charge is -2.22. The van der Waals surface area contributed by atoms with Crippen LogP contribution in [0.3, 0.4) is 0 Å². The molecular weight excluding hydrogens is 625 g/mol. The number of hydrogen-bond acceptors (Lipinski definition) is 5. The molecule has 0 aromatic carbocycles. The summed E-state index contributed by atoms with van der Waals surface area (Å²) < 4.78 is 5.80. The van der Waals surface area contributed by atoms with Crippen molar-refractivity contribution in [3.63, 3.8) is 0 Å². The molecule has 292 valence electrons. The van der Waals surface area contributed by atoms with Crippen LogP contribution in [0.2, 0.25) is 0 Å². The zero-order valence-corrected chi connectivity index (χ0v) is 34.7. The zero-order valence-electron chi connectivity index (χ0n) is 33.9. The summed E-state index contributed by atoms with van der Waals surface area (Å²) in [7, 11) is 4.14. The number of hydrogen-bond donors (Lipinski definition) is 0. The van der Waals surface area contributed by atoms with E-state index < -0.39 is 0 Å². The first kappa shape index (κ1) is 48.2. The second-order valence-electron chi connectivity index (χ2n) is 15.3. The summed E-state index contributed by atoms with van der Waals surface area (Å²) in [5, 5.41) is 0.257. The molecule has 0 saturated heterocycles. The predicted molar refractivity (Wildman–Crippen MR) is 218 cm³/mol. The predicted octanol–water partition coefficient (Wildman–Crippen LogP) is 13.6. The van der Waals surface area contributed by atoms with Gasteiger partial charge in [0.2, 0.25) is 0 Å². The summed E-state index contributed by atoms with van der Waals surface area (Å²) in [5.41, 5.74) is 0. The third-order valence-electron chi connectivity index (χ3n) is 10.0. The summed E-state index contributed by atoms with van der Waals surface area (Å²) >= 11 is 1.49. The van der Waals surface area contributed by atoms with Crippen molar-refractivity contribution in [2.75, 3.05) is 46.1 Å². The smallest absolute Gasteiger partial charge is 0.305 e. The maximum absolute atomic E-state index is 13.0. The molecule has 0 atom stereocenters. The number of ether oxygens (including phenoxy) is 1. The Morgan fingerprint density at radius 2 is 0.898 bits per heavy atom. The number of amides is 1. The van der Waals surface area contributed by atoms with Crippen LogP contribution in [0.5, 0.6) is 0 Å². The molecular formula is C43H86N2O3S. The Kier molecular flexibility index (Phi) is 37.9. The zero-order chi connectivity index (χ0) is 36.0. The van der Waals surface area contributed by atoms with Crippen LogP contribution in [0.25, 0.3) is 0 Å². The van der Waals surface area contributed by atoms with Crippen LogP contribution in [0.15, 0.2) is 0 Å². The highest BCUT2D eigenvalue weighted by molar-refractivity contribution is 8.13. The fourth-order valence-corrected chi connectivity index (χ4v) is 7.61. The van der Waals surface area contributed by atoms with Gasteiger partial charge in [-0.25, -0.2) is 0 Å². The van der Waals surface area contributed by atoms with Gasteiger partial charge >= 0.3 is 5.97 Å². The molecule has 0 aromatic heterocycles. The third-order valence-corrected chi connectivity index (χ3v) is 10.9. The average Bonchev–Trinajstić information content (AvgIpc) is 3.08. The van der Waals surface area contributed by atoms with E-state index >= 15 is 0 Å². The Hall–Kier alpha value is -0.750. The van der Waals surface area contributed by atoms with Crippen molar-refractivity contribution in [1.29, 1.82) is 0 Å².